The van der Waals surface area contributed by atoms with Crippen LogP contribution in [0.25, 0.3) is 0 Å². The monoisotopic (exact) mass is 289 g/mol. The third-order valence-electron chi connectivity index (χ3n) is 3.18. The van der Waals surface area contributed by atoms with Gasteiger partial charge in [-0.15, -0.1) is 0 Å². The maximum Gasteiger partial charge on any atom is 0.129 e. The zero-order chi connectivity index (χ0) is 15.1. The molecular formula is C17H20FNO2. The number of hydrogen-bond acceptors (Lipinski definition) is 3. The molecule has 0 aliphatic rings. The van der Waals surface area contributed by atoms with E-state index >= 15 is 0 Å². The van der Waals surface area contributed by atoms with Gasteiger partial charge in [-0.25, -0.2) is 4.39 Å². The van der Waals surface area contributed by atoms with Crippen molar-refractivity contribution in [3.63, 3.8) is 0 Å². The predicted octanol–water partition coefficient (Wildman–Crippen LogP) is 2.83. The van der Waals surface area contributed by atoms with E-state index in [4.69, 9.17) is 9.84 Å². The van der Waals surface area contributed by atoms with Crippen molar-refractivity contribution in [2.45, 2.75) is 13.2 Å². The Morgan fingerprint density at radius 3 is 2.71 bits per heavy atom. The first-order chi connectivity index (χ1) is 10.2. The number of ether oxygens (including phenoxy) is 1. The van der Waals surface area contributed by atoms with Crippen LogP contribution < -0.4 is 4.74 Å². The Bertz CT molecular complexity index is 574. The second-order valence-corrected chi connectivity index (χ2v) is 4.99. The van der Waals surface area contributed by atoms with E-state index in [9.17, 15) is 4.39 Å². The first kappa shape index (κ1) is 15.5. The molecule has 0 spiro atoms. The Kier molecular flexibility index (Phi) is 5.72. The van der Waals surface area contributed by atoms with Gasteiger partial charge in [0.2, 0.25) is 0 Å². The van der Waals surface area contributed by atoms with E-state index in [0.29, 0.717) is 17.9 Å². The first-order valence-corrected chi connectivity index (χ1v) is 6.93. The van der Waals surface area contributed by atoms with Gasteiger partial charge in [0.25, 0.3) is 0 Å². The molecule has 2 rings (SSSR count). The maximum absolute atomic E-state index is 13.5. The lowest BCUT2D eigenvalue weighted by Crippen LogP contribution is -2.21. The summed E-state index contributed by atoms with van der Waals surface area (Å²) in [7, 11) is 1.95. The van der Waals surface area contributed by atoms with Gasteiger partial charge in [0, 0.05) is 18.7 Å². The molecule has 2 aromatic rings. The Hall–Kier alpha value is -1.91. The van der Waals surface area contributed by atoms with Crippen LogP contribution in [0.5, 0.6) is 5.75 Å². The van der Waals surface area contributed by atoms with E-state index < -0.39 is 0 Å². The van der Waals surface area contributed by atoms with Crippen molar-refractivity contribution < 1.29 is 14.2 Å². The van der Waals surface area contributed by atoms with Crippen molar-refractivity contribution in [3.8, 4) is 5.75 Å². The van der Waals surface area contributed by atoms with Crippen LogP contribution in [0, 0.1) is 5.82 Å². The lowest BCUT2D eigenvalue weighted by molar-refractivity contribution is 0.217. The minimum absolute atomic E-state index is 0.139. The van der Waals surface area contributed by atoms with Crippen molar-refractivity contribution in [1.82, 2.24) is 4.90 Å². The van der Waals surface area contributed by atoms with E-state index in [0.717, 1.165) is 12.1 Å². The molecule has 2 aromatic carbocycles. The molecule has 0 heterocycles. The quantitative estimate of drug-likeness (QED) is 0.851. The van der Waals surface area contributed by atoms with Crippen LogP contribution in [0.3, 0.4) is 0 Å². The average Bonchev–Trinajstić information content (AvgIpc) is 2.47. The van der Waals surface area contributed by atoms with Gasteiger partial charge in [-0.1, -0.05) is 30.3 Å². The highest BCUT2D eigenvalue weighted by Gasteiger charge is 2.04. The van der Waals surface area contributed by atoms with E-state index in [-0.39, 0.29) is 19.0 Å². The molecule has 0 aliphatic heterocycles. The summed E-state index contributed by atoms with van der Waals surface area (Å²) in [4.78, 5) is 2.02. The largest absolute Gasteiger partial charge is 0.489 e. The van der Waals surface area contributed by atoms with Gasteiger partial charge in [0.05, 0.1) is 6.61 Å². The third-order valence-corrected chi connectivity index (χ3v) is 3.18. The summed E-state index contributed by atoms with van der Waals surface area (Å²) in [6, 6.07) is 14.3. The topological polar surface area (TPSA) is 32.7 Å². The molecule has 0 atom stereocenters. The molecule has 3 nitrogen and oxygen atoms in total. The van der Waals surface area contributed by atoms with Gasteiger partial charge in [0.1, 0.15) is 18.2 Å². The molecule has 0 bridgehead atoms. The van der Waals surface area contributed by atoms with Gasteiger partial charge >= 0.3 is 0 Å². The molecule has 112 valence electrons. The van der Waals surface area contributed by atoms with Crippen molar-refractivity contribution in [2.24, 2.45) is 0 Å². The number of aliphatic hydroxyl groups excluding tert-OH is 1. The van der Waals surface area contributed by atoms with Gasteiger partial charge in [-0.05, 0) is 30.8 Å². The van der Waals surface area contributed by atoms with Crippen LogP contribution in [0.15, 0.2) is 48.5 Å². The minimum atomic E-state index is -0.253. The molecule has 0 saturated carbocycles. The molecule has 0 amide bonds. The summed E-state index contributed by atoms with van der Waals surface area (Å²) in [5.41, 5.74) is 1.64. The van der Waals surface area contributed by atoms with E-state index in [1.54, 1.807) is 18.2 Å². The second-order valence-electron chi connectivity index (χ2n) is 4.99. The standard InChI is InChI=1S/C17H20FNO2/c1-19(9-10-20)12-14-5-4-7-16(11-14)21-13-15-6-2-3-8-17(15)18/h2-8,11,20H,9-10,12-13H2,1H3. The molecule has 0 fully saturated rings. The Balaban J connectivity index is 1.96. The van der Waals surface area contributed by atoms with E-state index in [1.807, 2.05) is 36.2 Å². The molecule has 0 radical (unpaired) electrons. The molecule has 0 aromatic heterocycles. The van der Waals surface area contributed by atoms with Crippen molar-refractivity contribution in [3.05, 3.63) is 65.5 Å². The summed E-state index contributed by atoms with van der Waals surface area (Å²) >= 11 is 0. The second kappa shape index (κ2) is 7.76. The lowest BCUT2D eigenvalue weighted by Gasteiger charge is -2.15. The number of benzene rings is 2. The molecule has 1 N–H and O–H groups in total. The van der Waals surface area contributed by atoms with Gasteiger partial charge < -0.3 is 9.84 Å². The Morgan fingerprint density at radius 2 is 1.95 bits per heavy atom. The van der Waals surface area contributed by atoms with Crippen LogP contribution in [-0.4, -0.2) is 30.2 Å². The molecule has 4 heteroatoms. The fourth-order valence-corrected chi connectivity index (χ4v) is 2.07. The minimum Gasteiger partial charge on any atom is -0.489 e. The molecule has 0 saturated heterocycles. The summed E-state index contributed by atoms with van der Waals surface area (Å²) in [6.07, 6.45) is 0. The number of rotatable bonds is 7. The highest BCUT2D eigenvalue weighted by atomic mass is 19.1. The summed E-state index contributed by atoms with van der Waals surface area (Å²) in [6.45, 7) is 1.71. The number of likely N-dealkylation sites (N-methyl/N-ethyl adjacent to an activating group) is 1. The average molecular weight is 289 g/mol. The zero-order valence-corrected chi connectivity index (χ0v) is 12.1. The molecule has 0 aliphatic carbocycles. The lowest BCUT2D eigenvalue weighted by atomic mass is 10.2. The smallest absolute Gasteiger partial charge is 0.129 e. The fraction of sp³-hybridized carbons (Fsp3) is 0.294. The molecule has 21 heavy (non-hydrogen) atoms. The van der Waals surface area contributed by atoms with Crippen molar-refractivity contribution in [2.75, 3.05) is 20.2 Å². The number of nitrogens with zero attached hydrogens (tertiary/aromatic N) is 1. The first-order valence-electron chi connectivity index (χ1n) is 6.93. The highest BCUT2D eigenvalue weighted by Crippen LogP contribution is 2.17. The summed E-state index contributed by atoms with van der Waals surface area (Å²) in [5.74, 6) is 0.462. The van der Waals surface area contributed by atoms with Gasteiger partial charge in [-0.3, -0.25) is 4.90 Å². The highest BCUT2D eigenvalue weighted by molar-refractivity contribution is 5.29. The maximum atomic E-state index is 13.5. The van der Waals surface area contributed by atoms with E-state index in [1.165, 1.54) is 6.07 Å². The fourth-order valence-electron chi connectivity index (χ4n) is 2.07. The Morgan fingerprint density at radius 1 is 1.14 bits per heavy atom. The normalized spacial score (nSPS) is 10.9. The molecular weight excluding hydrogens is 269 g/mol. The van der Waals surface area contributed by atoms with Crippen LogP contribution in [0.4, 0.5) is 4.39 Å². The van der Waals surface area contributed by atoms with Gasteiger partial charge in [0.15, 0.2) is 0 Å². The van der Waals surface area contributed by atoms with Gasteiger partial charge in [-0.2, -0.15) is 0 Å². The number of hydrogen-bond donors (Lipinski definition) is 1. The van der Waals surface area contributed by atoms with Crippen molar-refractivity contribution in [1.29, 1.82) is 0 Å². The number of halogens is 1. The third kappa shape index (κ3) is 4.85. The summed E-state index contributed by atoms with van der Waals surface area (Å²) in [5, 5.41) is 8.90. The van der Waals surface area contributed by atoms with Crippen LogP contribution in [0.2, 0.25) is 0 Å². The van der Waals surface area contributed by atoms with Crippen LogP contribution >= 0.6 is 0 Å². The Labute approximate surface area is 124 Å². The summed E-state index contributed by atoms with van der Waals surface area (Å²) < 4.78 is 19.2. The molecule has 0 unspecified atom stereocenters. The van der Waals surface area contributed by atoms with Crippen molar-refractivity contribution >= 4 is 0 Å². The zero-order valence-electron chi connectivity index (χ0n) is 12.1. The SMILES string of the molecule is CN(CCO)Cc1cccc(OCc2ccccc2F)c1. The predicted molar refractivity (Wildman–Crippen MR) is 80.6 cm³/mol. The van der Waals surface area contributed by atoms with Crippen LogP contribution in [-0.2, 0) is 13.2 Å². The number of aliphatic hydroxyl groups is 1. The van der Waals surface area contributed by atoms with Crippen LogP contribution in [0.1, 0.15) is 11.1 Å². The van der Waals surface area contributed by atoms with E-state index in [2.05, 4.69) is 0 Å².